The topological polar surface area (TPSA) is 142 Å². The van der Waals surface area contributed by atoms with E-state index in [0.29, 0.717) is 67.1 Å². The molecule has 2 saturated heterocycles. The van der Waals surface area contributed by atoms with Crippen molar-refractivity contribution in [1.29, 1.82) is 0 Å². The Balaban J connectivity index is 1.22. The van der Waals surface area contributed by atoms with Crippen LogP contribution >= 0.6 is 0 Å². The summed E-state index contributed by atoms with van der Waals surface area (Å²) in [7, 11) is 3.16. The third-order valence-electron chi connectivity index (χ3n) is 9.28. The number of hydrogen-bond acceptors (Lipinski definition) is 10. The first kappa shape index (κ1) is 35.7. The highest BCUT2D eigenvalue weighted by Crippen LogP contribution is 2.36. The van der Waals surface area contributed by atoms with Gasteiger partial charge in [0.2, 0.25) is 5.91 Å². The molecule has 2 fully saturated rings. The van der Waals surface area contributed by atoms with Gasteiger partial charge in [0.15, 0.2) is 5.82 Å². The van der Waals surface area contributed by atoms with Gasteiger partial charge in [-0.1, -0.05) is 0 Å². The Bertz CT molecular complexity index is 2150. The van der Waals surface area contributed by atoms with Gasteiger partial charge in [-0.3, -0.25) is 9.59 Å². The van der Waals surface area contributed by atoms with Crippen molar-refractivity contribution in [1.82, 2.24) is 24.6 Å². The van der Waals surface area contributed by atoms with Gasteiger partial charge in [-0.2, -0.15) is 18.3 Å². The van der Waals surface area contributed by atoms with Gasteiger partial charge in [0, 0.05) is 48.1 Å². The second kappa shape index (κ2) is 14.4. The minimum Gasteiger partial charge on any atom is -0.497 e. The number of aromatic nitrogens is 4. The molecule has 2 N–H and O–H groups in total. The fourth-order valence-electron chi connectivity index (χ4n) is 6.35. The normalized spacial score (nSPS) is 16.9. The molecule has 0 spiro atoms. The molecule has 0 saturated carbocycles. The number of rotatable bonds is 10. The van der Waals surface area contributed by atoms with Crippen molar-refractivity contribution in [2.75, 3.05) is 57.8 Å². The van der Waals surface area contributed by atoms with Crippen molar-refractivity contribution in [2.24, 2.45) is 5.41 Å². The molecule has 0 aliphatic carbocycles. The molecule has 2 aromatic carbocycles. The fourth-order valence-corrected chi connectivity index (χ4v) is 6.35. The molecule has 3 aromatic heterocycles. The van der Waals surface area contributed by atoms with Crippen molar-refractivity contribution in [3.8, 4) is 17.2 Å². The third-order valence-corrected chi connectivity index (χ3v) is 9.28. The number of amides is 2. The van der Waals surface area contributed by atoms with Gasteiger partial charge in [-0.15, -0.1) is 0 Å². The average molecular weight is 732 g/mol. The molecule has 2 aliphatic rings. The van der Waals surface area contributed by atoms with Crippen LogP contribution < -0.4 is 20.1 Å². The maximum absolute atomic E-state index is 13.4. The number of carbonyl (C=O) groups is 2. The van der Waals surface area contributed by atoms with Gasteiger partial charge in [0.05, 0.1) is 57.3 Å². The summed E-state index contributed by atoms with van der Waals surface area (Å²) in [6.45, 7) is 4.03. The van der Waals surface area contributed by atoms with Crippen LogP contribution in [0.2, 0.25) is 0 Å². The number of morpholine rings is 1. The summed E-state index contributed by atoms with van der Waals surface area (Å²) in [5.74, 6) is 0.907. The summed E-state index contributed by atoms with van der Waals surface area (Å²) in [5, 5.41) is 11.6. The highest BCUT2D eigenvalue weighted by molar-refractivity contribution is 6.04. The van der Waals surface area contributed by atoms with E-state index < -0.39 is 29.2 Å². The van der Waals surface area contributed by atoms with Crippen molar-refractivity contribution < 1.29 is 41.7 Å². The molecule has 276 valence electrons. The van der Waals surface area contributed by atoms with E-state index in [0.717, 1.165) is 29.3 Å². The van der Waals surface area contributed by atoms with E-state index in [1.807, 2.05) is 25.1 Å². The quantitative estimate of drug-likeness (QED) is 0.185. The summed E-state index contributed by atoms with van der Waals surface area (Å²) < 4.78 is 63.8. The van der Waals surface area contributed by atoms with E-state index in [2.05, 4.69) is 20.6 Å². The largest absolute Gasteiger partial charge is 0.497 e. The van der Waals surface area contributed by atoms with E-state index in [-0.39, 0.29) is 23.8 Å². The standard InChI is InChI=1S/C37H36F3N7O6/c1-36(20-52-21-36)35(49)46-14-15-53-29(19-46)31-27-11-13-42-33(43-18-23-6-9-26(50-2)17-28(23)51-3)32(27)47(45-31)25-7-4-22(5-8-25)34(48)44-30-16-24(10-12-41-30)37(38,39)40/h4-13,16-17,29H,14-15,18-21H2,1-3H3,(H,42,43)(H,41,44,48)/t29-/m1/s1. The molecule has 16 heteroatoms. The van der Waals surface area contributed by atoms with Crippen LogP contribution in [0.5, 0.6) is 11.5 Å². The number of halogens is 3. The minimum atomic E-state index is -4.58. The first-order chi connectivity index (χ1) is 25.5. The van der Waals surface area contributed by atoms with Crippen LogP contribution in [0.1, 0.15) is 40.2 Å². The van der Waals surface area contributed by atoms with Crippen LogP contribution in [-0.2, 0) is 27.0 Å². The van der Waals surface area contributed by atoms with Crippen molar-refractivity contribution in [2.45, 2.75) is 25.7 Å². The summed E-state index contributed by atoms with van der Waals surface area (Å²) in [6, 6.07) is 15.4. The number of methoxy groups -OCH3 is 2. The Labute approximate surface area is 302 Å². The van der Waals surface area contributed by atoms with E-state index in [9.17, 15) is 22.8 Å². The Kier molecular flexibility index (Phi) is 9.65. The lowest BCUT2D eigenvalue weighted by molar-refractivity contribution is -0.175. The molecule has 53 heavy (non-hydrogen) atoms. The second-order valence-corrected chi connectivity index (χ2v) is 13.0. The Morgan fingerprint density at radius 3 is 2.47 bits per heavy atom. The average Bonchev–Trinajstić information content (AvgIpc) is 3.56. The zero-order chi connectivity index (χ0) is 37.3. The molecule has 2 amide bonds. The number of nitrogens with one attached hydrogen (secondary N) is 2. The van der Waals surface area contributed by atoms with Gasteiger partial charge in [-0.05, 0) is 61.5 Å². The zero-order valence-corrected chi connectivity index (χ0v) is 29.1. The van der Waals surface area contributed by atoms with Gasteiger partial charge >= 0.3 is 6.18 Å². The molecule has 13 nitrogen and oxygen atoms in total. The van der Waals surface area contributed by atoms with Crippen molar-refractivity contribution >= 4 is 34.4 Å². The number of fused-ring (bicyclic) bond motifs is 1. The molecule has 2 aliphatic heterocycles. The zero-order valence-electron chi connectivity index (χ0n) is 29.1. The van der Waals surface area contributed by atoms with Crippen LogP contribution in [-0.4, -0.2) is 83.6 Å². The fraction of sp³-hybridized carbons (Fsp3) is 0.324. The van der Waals surface area contributed by atoms with Crippen LogP contribution in [0.25, 0.3) is 16.6 Å². The van der Waals surface area contributed by atoms with Gasteiger partial charge in [0.25, 0.3) is 5.91 Å². The monoisotopic (exact) mass is 731 g/mol. The van der Waals surface area contributed by atoms with Gasteiger partial charge in [-0.25, -0.2) is 14.6 Å². The van der Waals surface area contributed by atoms with Gasteiger partial charge < -0.3 is 34.5 Å². The molecular weight excluding hydrogens is 695 g/mol. The molecule has 0 unspecified atom stereocenters. The number of ether oxygens (including phenoxy) is 4. The highest BCUT2D eigenvalue weighted by Gasteiger charge is 2.45. The summed E-state index contributed by atoms with van der Waals surface area (Å²) in [5.41, 5.74) is 1.31. The van der Waals surface area contributed by atoms with E-state index in [1.165, 1.54) is 12.1 Å². The lowest BCUT2D eigenvalue weighted by Crippen LogP contribution is -2.56. The van der Waals surface area contributed by atoms with Crippen LogP contribution in [0, 0.1) is 5.41 Å². The number of benzene rings is 2. The molecule has 0 bridgehead atoms. The first-order valence-electron chi connectivity index (χ1n) is 16.7. The van der Waals surface area contributed by atoms with E-state index in [1.54, 1.807) is 48.2 Å². The minimum absolute atomic E-state index is 0.00690. The lowest BCUT2D eigenvalue weighted by Gasteiger charge is -2.42. The molecule has 1 atom stereocenters. The summed E-state index contributed by atoms with van der Waals surface area (Å²) in [6.07, 6.45) is -2.49. The molecule has 5 aromatic rings. The van der Waals surface area contributed by atoms with Crippen LogP contribution in [0.3, 0.4) is 0 Å². The Hall–Kier alpha value is -5.74. The maximum atomic E-state index is 13.4. The predicted octanol–water partition coefficient (Wildman–Crippen LogP) is 5.65. The molecule has 0 radical (unpaired) electrons. The number of pyridine rings is 2. The van der Waals surface area contributed by atoms with E-state index in [4.69, 9.17) is 24.0 Å². The Morgan fingerprint density at radius 1 is 1.00 bits per heavy atom. The molecule has 7 rings (SSSR count). The first-order valence-corrected chi connectivity index (χ1v) is 16.7. The number of anilines is 2. The summed E-state index contributed by atoms with van der Waals surface area (Å²) >= 11 is 0. The lowest BCUT2D eigenvalue weighted by atomic mass is 9.86. The third kappa shape index (κ3) is 7.19. The van der Waals surface area contributed by atoms with Gasteiger partial charge in [0.1, 0.15) is 34.6 Å². The predicted molar refractivity (Wildman–Crippen MR) is 187 cm³/mol. The maximum Gasteiger partial charge on any atom is 0.416 e. The molecular formula is C37H36F3N7O6. The number of nitrogens with zero attached hydrogens (tertiary/aromatic N) is 5. The summed E-state index contributed by atoms with van der Waals surface area (Å²) in [4.78, 5) is 36.8. The second-order valence-electron chi connectivity index (χ2n) is 13.0. The highest BCUT2D eigenvalue weighted by atomic mass is 19.4. The number of hydrogen-bond donors (Lipinski definition) is 2. The van der Waals surface area contributed by atoms with Crippen LogP contribution in [0.4, 0.5) is 24.8 Å². The van der Waals surface area contributed by atoms with Crippen molar-refractivity contribution in [3.05, 3.63) is 95.4 Å². The van der Waals surface area contributed by atoms with Crippen molar-refractivity contribution in [3.63, 3.8) is 0 Å². The Morgan fingerprint density at radius 2 is 1.77 bits per heavy atom. The smallest absolute Gasteiger partial charge is 0.416 e. The van der Waals surface area contributed by atoms with Crippen LogP contribution in [0.15, 0.2) is 73.1 Å². The molecule has 5 heterocycles. The SMILES string of the molecule is COc1ccc(CNc2nccc3c([C@H]4CN(C(=O)C5(C)COC5)CCO4)nn(-c4ccc(C(=O)Nc5cc(C(F)(F)F)ccn5)cc4)c23)c(OC)c1. The number of carbonyl (C=O) groups excluding carboxylic acids is 2. The van der Waals surface area contributed by atoms with E-state index >= 15 is 0 Å². The number of alkyl halides is 3.